The number of primary amides is 1. The molecule has 0 aromatic rings. The average Bonchev–Trinajstić information content (AvgIpc) is 2.76. The molecule has 1 fully saturated rings. The highest BCUT2D eigenvalue weighted by Gasteiger charge is 2.21. The van der Waals surface area contributed by atoms with Gasteiger partial charge in [-0.25, -0.2) is 0 Å². The average molecular weight is 238 g/mol. The molecule has 0 aromatic carbocycles. The summed E-state index contributed by atoms with van der Waals surface area (Å²) in [5.74, 6) is -0.0284. The molecule has 4 heteroatoms. The zero-order valence-corrected chi connectivity index (χ0v) is 10.3. The van der Waals surface area contributed by atoms with Gasteiger partial charge in [-0.15, -0.1) is 6.58 Å². The van der Waals surface area contributed by atoms with Crippen LogP contribution in [-0.4, -0.2) is 17.9 Å². The van der Waals surface area contributed by atoms with E-state index in [0.29, 0.717) is 25.2 Å². The first-order chi connectivity index (χ1) is 8.13. The van der Waals surface area contributed by atoms with Gasteiger partial charge in [-0.3, -0.25) is 9.59 Å². The largest absolute Gasteiger partial charge is 0.368 e. The van der Waals surface area contributed by atoms with Crippen molar-refractivity contribution in [1.82, 2.24) is 5.32 Å². The van der Waals surface area contributed by atoms with E-state index in [2.05, 4.69) is 11.9 Å². The summed E-state index contributed by atoms with van der Waals surface area (Å²) in [6.07, 6.45) is 8.15. The number of carbonyl (C=O) groups excluding carboxylic acids is 2. The molecule has 1 rings (SSSR count). The molecule has 1 saturated carbocycles. The molecule has 0 aromatic heterocycles. The van der Waals surface area contributed by atoms with Gasteiger partial charge in [-0.2, -0.15) is 0 Å². The number of nitrogens with two attached hydrogens (primary N) is 1. The summed E-state index contributed by atoms with van der Waals surface area (Å²) in [6, 6.07) is -0.554. The standard InChI is InChI=1S/C13H22N2O2/c1-2-3-8-11(13(14)17)15-12(16)9-10-6-4-5-7-10/h2,10-11H,1,3-9H2,(H2,14,17)(H,15,16)/t11-/m1/s1. The molecule has 0 unspecified atom stereocenters. The fraction of sp³-hybridized carbons (Fsp3) is 0.692. The van der Waals surface area contributed by atoms with Crippen molar-refractivity contribution in [3.05, 3.63) is 12.7 Å². The van der Waals surface area contributed by atoms with Crippen LogP contribution in [0.5, 0.6) is 0 Å². The molecule has 4 nitrogen and oxygen atoms in total. The van der Waals surface area contributed by atoms with Crippen molar-refractivity contribution >= 4 is 11.8 Å². The van der Waals surface area contributed by atoms with E-state index in [9.17, 15) is 9.59 Å². The SMILES string of the molecule is C=CCC[C@@H](NC(=O)CC1CCCC1)C(N)=O. The molecule has 0 heterocycles. The first-order valence-corrected chi connectivity index (χ1v) is 6.33. The Labute approximate surface area is 103 Å². The molecule has 96 valence electrons. The second-order valence-electron chi connectivity index (χ2n) is 4.74. The van der Waals surface area contributed by atoms with Crippen LogP contribution in [0.25, 0.3) is 0 Å². The van der Waals surface area contributed by atoms with Gasteiger partial charge in [0.15, 0.2) is 0 Å². The smallest absolute Gasteiger partial charge is 0.240 e. The molecule has 1 aliphatic carbocycles. The molecule has 17 heavy (non-hydrogen) atoms. The molecule has 1 atom stereocenters. The van der Waals surface area contributed by atoms with Crippen molar-refractivity contribution in [3.63, 3.8) is 0 Å². The van der Waals surface area contributed by atoms with Gasteiger partial charge < -0.3 is 11.1 Å². The van der Waals surface area contributed by atoms with Crippen LogP contribution in [0.4, 0.5) is 0 Å². The zero-order valence-electron chi connectivity index (χ0n) is 10.3. The van der Waals surface area contributed by atoms with Gasteiger partial charge in [0.2, 0.25) is 11.8 Å². The van der Waals surface area contributed by atoms with Gasteiger partial charge in [0, 0.05) is 6.42 Å². The van der Waals surface area contributed by atoms with Crippen LogP contribution in [0, 0.1) is 5.92 Å². The van der Waals surface area contributed by atoms with Crippen molar-refractivity contribution in [2.24, 2.45) is 11.7 Å². The fourth-order valence-corrected chi connectivity index (χ4v) is 2.30. The van der Waals surface area contributed by atoms with Crippen LogP contribution < -0.4 is 11.1 Å². The van der Waals surface area contributed by atoms with E-state index in [1.54, 1.807) is 6.08 Å². The molecule has 0 aliphatic heterocycles. The van der Waals surface area contributed by atoms with Crippen LogP contribution in [0.1, 0.15) is 44.9 Å². The molecule has 0 spiro atoms. The summed E-state index contributed by atoms with van der Waals surface area (Å²) in [6.45, 7) is 3.59. The molecule has 0 bridgehead atoms. The van der Waals surface area contributed by atoms with E-state index in [1.807, 2.05) is 0 Å². The summed E-state index contributed by atoms with van der Waals surface area (Å²) in [5.41, 5.74) is 5.25. The normalized spacial score (nSPS) is 17.6. The van der Waals surface area contributed by atoms with Crippen LogP contribution >= 0.6 is 0 Å². The molecular formula is C13H22N2O2. The van der Waals surface area contributed by atoms with Crippen LogP contribution in [-0.2, 0) is 9.59 Å². The lowest BCUT2D eigenvalue weighted by molar-refractivity contribution is -0.128. The van der Waals surface area contributed by atoms with Gasteiger partial charge >= 0.3 is 0 Å². The van der Waals surface area contributed by atoms with E-state index in [4.69, 9.17) is 5.73 Å². The number of nitrogens with one attached hydrogen (secondary N) is 1. The van der Waals surface area contributed by atoms with Crippen LogP contribution in [0.2, 0.25) is 0 Å². The van der Waals surface area contributed by atoms with E-state index in [0.717, 1.165) is 12.8 Å². The zero-order chi connectivity index (χ0) is 12.7. The number of hydrogen-bond donors (Lipinski definition) is 2. The van der Waals surface area contributed by atoms with Crippen molar-refractivity contribution in [1.29, 1.82) is 0 Å². The highest BCUT2D eigenvalue weighted by molar-refractivity contribution is 5.86. The van der Waals surface area contributed by atoms with Crippen molar-refractivity contribution in [2.45, 2.75) is 51.0 Å². The first-order valence-electron chi connectivity index (χ1n) is 6.33. The Morgan fingerprint density at radius 3 is 2.59 bits per heavy atom. The summed E-state index contributed by atoms with van der Waals surface area (Å²) < 4.78 is 0. The monoisotopic (exact) mass is 238 g/mol. The number of rotatable bonds is 7. The Balaban J connectivity index is 2.34. The van der Waals surface area contributed by atoms with Crippen molar-refractivity contribution in [2.75, 3.05) is 0 Å². The Morgan fingerprint density at radius 2 is 2.06 bits per heavy atom. The predicted molar refractivity (Wildman–Crippen MR) is 67.1 cm³/mol. The second kappa shape index (κ2) is 7.09. The summed E-state index contributed by atoms with van der Waals surface area (Å²) in [5, 5.41) is 2.72. The van der Waals surface area contributed by atoms with Crippen LogP contribution in [0.3, 0.4) is 0 Å². The highest BCUT2D eigenvalue weighted by atomic mass is 16.2. The predicted octanol–water partition coefficient (Wildman–Crippen LogP) is 1.50. The molecule has 0 saturated heterocycles. The Bertz CT molecular complexity index is 283. The first kappa shape index (κ1) is 13.7. The minimum atomic E-state index is -0.554. The third kappa shape index (κ3) is 5.02. The van der Waals surface area contributed by atoms with E-state index in [-0.39, 0.29) is 5.91 Å². The lowest BCUT2D eigenvalue weighted by Gasteiger charge is -2.16. The van der Waals surface area contributed by atoms with E-state index >= 15 is 0 Å². The van der Waals surface area contributed by atoms with Crippen molar-refractivity contribution < 1.29 is 9.59 Å². The Morgan fingerprint density at radius 1 is 1.41 bits per heavy atom. The lowest BCUT2D eigenvalue weighted by atomic mass is 10.0. The fourth-order valence-electron chi connectivity index (χ4n) is 2.30. The Kier molecular flexibility index (Phi) is 5.73. The minimum Gasteiger partial charge on any atom is -0.368 e. The summed E-state index contributed by atoms with van der Waals surface area (Å²) in [4.78, 5) is 22.9. The van der Waals surface area contributed by atoms with Crippen LogP contribution in [0.15, 0.2) is 12.7 Å². The topological polar surface area (TPSA) is 72.2 Å². The molecule has 3 N–H and O–H groups in total. The molecular weight excluding hydrogens is 216 g/mol. The van der Waals surface area contributed by atoms with E-state index < -0.39 is 11.9 Å². The quantitative estimate of drug-likeness (QED) is 0.660. The highest BCUT2D eigenvalue weighted by Crippen LogP contribution is 2.27. The maximum Gasteiger partial charge on any atom is 0.240 e. The number of carbonyl (C=O) groups is 2. The molecule has 0 radical (unpaired) electrons. The third-order valence-electron chi connectivity index (χ3n) is 3.29. The number of hydrogen-bond acceptors (Lipinski definition) is 2. The number of allylic oxidation sites excluding steroid dienone is 1. The number of amides is 2. The summed E-state index contributed by atoms with van der Waals surface area (Å²) in [7, 11) is 0. The summed E-state index contributed by atoms with van der Waals surface area (Å²) >= 11 is 0. The van der Waals surface area contributed by atoms with Gasteiger partial charge in [-0.1, -0.05) is 18.9 Å². The van der Waals surface area contributed by atoms with Gasteiger partial charge in [-0.05, 0) is 31.6 Å². The van der Waals surface area contributed by atoms with Gasteiger partial charge in [0.1, 0.15) is 6.04 Å². The van der Waals surface area contributed by atoms with E-state index in [1.165, 1.54) is 12.8 Å². The lowest BCUT2D eigenvalue weighted by Crippen LogP contribution is -2.44. The van der Waals surface area contributed by atoms with Gasteiger partial charge in [0.25, 0.3) is 0 Å². The maximum atomic E-state index is 11.7. The molecule has 1 aliphatic rings. The Hall–Kier alpha value is -1.32. The second-order valence-corrected chi connectivity index (χ2v) is 4.74. The maximum absolute atomic E-state index is 11.7. The minimum absolute atomic E-state index is 0.0511. The van der Waals surface area contributed by atoms with Gasteiger partial charge in [0.05, 0.1) is 0 Å². The van der Waals surface area contributed by atoms with Crippen molar-refractivity contribution in [3.8, 4) is 0 Å². The molecule has 2 amide bonds. The third-order valence-corrected chi connectivity index (χ3v) is 3.29.